The fourth-order valence-electron chi connectivity index (χ4n) is 1.12. The molecule has 0 saturated heterocycles. The van der Waals surface area contributed by atoms with Gasteiger partial charge >= 0.3 is 11.0 Å². The highest BCUT2D eigenvalue weighted by Gasteiger charge is 2.24. The smallest absolute Gasteiger partial charge is 0.227 e. The van der Waals surface area contributed by atoms with E-state index in [1.165, 1.54) is 19.3 Å². The molecule has 0 saturated carbocycles. The van der Waals surface area contributed by atoms with Crippen molar-refractivity contribution in [2.24, 2.45) is 10.3 Å². The van der Waals surface area contributed by atoms with Gasteiger partial charge in [-0.3, -0.25) is 0 Å². The Hall–Kier alpha value is -0.180. The van der Waals surface area contributed by atoms with Crippen LogP contribution in [0.15, 0.2) is 4.40 Å². The molecule has 0 aromatic heterocycles. The van der Waals surface area contributed by atoms with Crippen molar-refractivity contribution in [3.63, 3.8) is 0 Å². The van der Waals surface area contributed by atoms with Gasteiger partial charge in [0, 0.05) is 6.21 Å². The topological polar surface area (TPSA) is 33.8 Å². The molecule has 0 aromatic carbocycles. The maximum Gasteiger partial charge on any atom is 0.315 e. The zero-order chi connectivity index (χ0) is 11.9. The Morgan fingerprint density at radius 2 is 2.00 bits per heavy atom. The van der Waals surface area contributed by atoms with Crippen LogP contribution in [0.2, 0.25) is 0 Å². The third-order valence-electron chi connectivity index (χ3n) is 2.28. The molecule has 0 radical (unpaired) electrons. The predicted molar refractivity (Wildman–Crippen MR) is 70.9 cm³/mol. The lowest BCUT2D eigenvalue weighted by Crippen LogP contribution is -2.19. The largest absolute Gasteiger partial charge is 0.315 e. The summed E-state index contributed by atoms with van der Waals surface area (Å²) in [6.45, 7) is 10.5. The van der Waals surface area contributed by atoms with E-state index in [1.54, 1.807) is 0 Å². The fourth-order valence-corrected chi connectivity index (χ4v) is 1.67. The van der Waals surface area contributed by atoms with E-state index in [-0.39, 0.29) is 4.75 Å². The third kappa shape index (κ3) is 7.71. The van der Waals surface area contributed by atoms with Gasteiger partial charge in [0.1, 0.15) is 4.75 Å². The second kappa shape index (κ2) is 7.15. The van der Waals surface area contributed by atoms with E-state index < -0.39 is 11.0 Å². The van der Waals surface area contributed by atoms with Gasteiger partial charge in [-0.05, 0) is 33.1 Å². The highest BCUT2D eigenvalue weighted by molar-refractivity contribution is 7.85. The molecule has 0 spiro atoms. The Labute approximate surface area is 97.2 Å². The van der Waals surface area contributed by atoms with Crippen molar-refractivity contribution < 1.29 is 4.21 Å². The van der Waals surface area contributed by atoms with Crippen LogP contribution in [0.5, 0.6) is 0 Å². The Morgan fingerprint density at radius 3 is 2.47 bits per heavy atom. The summed E-state index contributed by atoms with van der Waals surface area (Å²) in [7, 11) is -0.840. The molecular formula is C12H26NOS+. The number of nitrogens with zero attached hydrogens (tertiary/aromatic N) is 1. The predicted octanol–water partition coefficient (Wildman–Crippen LogP) is 3.89. The highest BCUT2D eigenvalue weighted by atomic mass is 32.2. The van der Waals surface area contributed by atoms with Crippen molar-refractivity contribution in [3.05, 3.63) is 0 Å². The molecule has 1 N–H and O–H groups in total. The highest BCUT2D eigenvalue weighted by Crippen LogP contribution is 2.13. The second-order valence-corrected chi connectivity index (χ2v) is 7.11. The molecule has 0 aliphatic carbocycles. The van der Waals surface area contributed by atoms with Crippen LogP contribution in [0.25, 0.3) is 0 Å². The van der Waals surface area contributed by atoms with Crippen LogP contribution in [0.3, 0.4) is 0 Å². The summed E-state index contributed by atoms with van der Waals surface area (Å²) in [5.74, 6) is 0.686. The first-order valence-electron chi connectivity index (χ1n) is 5.84. The summed E-state index contributed by atoms with van der Waals surface area (Å²) in [6.07, 6.45) is 6.69. The molecule has 2 nitrogen and oxygen atoms in total. The van der Waals surface area contributed by atoms with Crippen molar-refractivity contribution >= 4 is 17.2 Å². The van der Waals surface area contributed by atoms with Gasteiger partial charge in [0.2, 0.25) is 0 Å². The number of rotatable bonds is 6. The van der Waals surface area contributed by atoms with Gasteiger partial charge in [-0.1, -0.05) is 33.1 Å². The zero-order valence-corrected chi connectivity index (χ0v) is 11.6. The SMILES string of the molecule is CCCC[C@H](C)C/C=N/[S@](=[OH+])C(C)(C)C. The number of hydrogen-bond acceptors (Lipinski definition) is 0. The van der Waals surface area contributed by atoms with Crippen LogP contribution in [-0.4, -0.2) is 15.2 Å². The molecule has 0 amide bonds. The molecule has 0 aromatic rings. The van der Waals surface area contributed by atoms with Crippen molar-refractivity contribution in [1.82, 2.24) is 0 Å². The molecule has 0 unspecified atom stereocenters. The average Bonchev–Trinajstić information content (AvgIpc) is 2.13. The van der Waals surface area contributed by atoms with E-state index in [4.69, 9.17) is 0 Å². The van der Waals surface area contributed by atoms with Gasteiger partial charge in [0.05, 0.1) is 0 Å². The summed E-state index contributed by atoms with van der Waals surface area (Å²) in [4.78, 5) is 0. The van der Waals surface area contributed by atoms with Crippen LogP contribution < -0.4 is 0 Å². The lowest BCUT2D eigenvalue weighted by molar-refractivity contribution is 0.526. The first-order chi connectivity index (χ1) is 6.88. The molecule has 0 heterocycles. The van der Waals surface area contributed by atoms with Crippen LogP contribution in [-0.2, 0) is 11.0 Å². The molecular weight excluding hydrogens is 206 g/mol. The van der Waals surface area contributed by atoms with E-state index in [1.807, 2.05) is 27.0 Å². The molecule has 0 rings (SSSR count). The first-order valence-corrected chi connectivity index (χ1v) is 6.98. The number of hydrogen-bond donors (Lipinski definition) is 0. The standard InChI is InChI=1S/C12H25NOS/c1-6-7-8-11(2)9-10-13-15(14)12(3,4)5/h10-11H,6-9H2,1-5H3/p+1/b13-10+/t11-,15+/m0/s1. The fraction of sp³-hybridized carbons (Fsp3) is 0.917. The van der Waals surface area contributed by atoms with Gasteiger partial charge in [0.15, 0.2) is 0 Å². The van der Waals surface area contributed by atoms with Crippen molar-refractivity contribution in [3.8, 4) is 0 Å². The maximum absolute atomic E-state index is 9.70. The first kappa shape index (κ1) is 14.8. The summed E-state index contributed by atoms with van der Waals surface area (Å²) < 4.78 is 13.8. The average molecular weight is 232 g/mol. The van der Waals surface area contributed by atoms with Gasteiger partial charge in [0.25, 0.3) is 0 Å². The van der Waals surface area contributed by atoms with Crippen LogP contribution in [0, 0.1) is 5.92 Å². The molecule has 90 valence electrons. The van der Waals surface area contributed by atoms with E-state index in [2.05, 4.69) is 18.2 Å². The second-order valence-electron chi connectivity index (χ2n) is 5.15. The van der Waals surface area contributed by atoms with E-state index in [9.17, 15) is 4.21 Å². The minimum atomic E-state index is -0.840. The molecule has 2 atom stereocenters. The lowest BCUT2D eigenvalue weighted by atomic mass is 10.0. The van der Waals surface area contributed by atoms with Crippen molar-refractivity contribution in [2.45, 2.75) is 65.0 Å². The Kier molecular flexibility index (Phi) is 7.07. The Balaban J connectivity index is 3.84. The van der Waals surface area contributed by atoms with Crippen molar-refractivity contribution in [1.29, 1.82) is 0 Å². The van der Waals surface area contributed by atoms with Gasteiger partial charge in [-0.2, -0.15) is 4.40 Å². The summed E-state index contributed by atoms with van der Waals surface area (Å²) in [6, 6.07) is 0. The molecule has 0 fully saturated rings. The van der Waals surface area contributed by atoms with Crippen LogP contribution in [0.1, 0.15) is 60.3 Å². The third-order valence-corrected chi connectivity index (χ3v) is 3.72. The summed E-state index contributed by atoms with van der Waals surface area (Å²) >= 11 is 0. The number of unbranched alkanes of at least 4 members (excludes halogenated alkanes) is 1. The Bertz CT molecular complexity index is 218. The van der Waals surface area contributed by atoms with Gasteiger partial charge in [-0.25, -0.2) is 4.21 Å². The molecule has 0 bridgehead atoms. The quantitative estimate of drug-likeness (QED) is 0.492. The summed E-state index contributed by atoms with van der Waals surface area (Å²) in [5.41, 5.74) is 0. The molecule has 15 heavy (non-hydrogen) atoms. The van der Waals surface area contributed by atoms with E-state index >= 15 is 0 Å². The summed E-state index contributed by atoms with van der Waals surface area (Å²) in [5, 5.41) is 0. The molecule has 0 aliphatic heterocycles. The normalized spacial score (nSPS) is 16.9. The minimum absolute atomic E-state index is 0.122. The maximum atomic E-state index is 9.70. The van der Waals surface area contributed by atoms with E-state index in [0.29, 0.717) is 5.92 Å². The lowest BCUT2D eigenvalue weighted by Gasteiger charge is -2.08. The Morgan fingerprint density at radius 1 is 1.40 bits per heavy atom. The zero-order valence-electron chi connectivity index (χ0n) is 10.8. The minimum Gasteiger partial charge on any atom is -0.227 e. The van der Waals surface area contributed by atoms with Crippen molar-refractivity contribution in [2.75, 3.05) is 0 Å². The van der Waals surface area contributed by atoms with Crippen LogP contribution >= 0.6 is 0 Å². The van der Waals surface area contributed by atoms with Gasteiger partial charge < -0.3 is 0 Å². The van der Waals surface area contributed by atoms with E-state index in [0.717, 1.165) is 6.42 Å². The molecule has 3 heteroatoms. The van der Waals surface area contributed by atoms with Crippen LogP contribution in [0.4, 0.5) is 0 Å². The monoisotopic (exact) mass is 232 g/mol. The molecule has 0 aliphatic rings. The van der Waals surface area contributed by atoms with Gasteiger partial charge in [-0.15, -0.1) is 0 Å².